The van der Waals surface area contributed by atoms with Crippen molar-refractivity contribution in [2.24, 2.45) is 0 Å². The molecule has 17 heavy (non-hydrogen) atoms. The monoisotopic (exact) mass is 234 g/mol. The second-order valence-electron chi connectivity index (χ2n) is 4.56. The molecule has 0 radical (unpaired) electrons. The summed E-state index contributed by atoms with van der Waals surface area (Å²) in [6.07, 6.45) is 3.03. The van der Waals surface area contributed by atoms with Gasteiger partial charge in [-0.1, -0.05) is 26.8 Å². The van der Waals surface area contributed by atoms with Crippen molar-refractivity contribution in [3.8, 4) is 5.75 Å². The molecular weight excluding hydrogens is 212 g/mol. The minimum atomic E-state index is 0.142. The van der Waals surface area contributed by atoms with Gasteiger partial charge in [0.25, 0.3) is 0 Å². The van der Waals surface area contributed by atoms with Crippen LogP contribution in [0.25, 0.3) is 0 Å². The summed E-state index contributed by atoms with van der Waals surface area (Å²) in [5.74, 6) is 1.17. The lowest BCUT2D eigenvalue weighted by Crippen LogP contribution is -2.11. The topological polar surface area (TPSA) is 26.3 Å². The van der Waals surface area contributed by atoms with E-state index in [0.717, 1.165) is 19.1 Å². The van der Waals surface area contributed by atoms with E-state index in [4.69, 9.17) is 4.74 Å². The van der Waals surface area contributed by atoms with Crippen molar-refractivity contribution in [1.82, 2.24) is 0 Å². The highest BCUT2D eigenvalue weighted by molar-refractivity contribution is 5.79. The number of aldehydes is 1. The van der Waals surface area contributed by atoms with Crippen LogP contribution in [0.1, 0.15) is 62.4 Å². The molecule has 1 aromatic carbocycles. The average Bonchev–Trinajstić information content (AvgIpc) is 2.37. The van der Waals surface area contributed by atoms with Crippen molar-refractivity contribution in [2.45, 2.75) is 52.6 Å². The van der Waals surface area contributed by atoms with Crippen LogP contribution in [0.3, 0.4) is 0 Å². The fourth-order valence-corrected chi connectivity index (χ4v) is 1.61. The Kier molecular flexibility index (Phi) is 5.20. The molecule has 0 aliphatic heterocycles. The third kappa shape index (κ3) is 3.58. The molecule has 2 heteroatoms. The molecule has 0 spiro atoms. The van der Waals surface area contributed by atoms with Gasteiger partial charge >= 0.3 is 0 Å². The minimum Gasteiger partial charge on any atom is -0.490 e. The predicted molar refractivity (Wildman–Crippen MR) is 70.9 cm³/mol. The first-order valence-electron chi connectivity index (χ1n) is 6.38. The van der Waals surface area contributed by atoms with E-state index in [-0.39, 0.29) is 6.10 Å². The number of benzene rings is 1. The number of rotatable bonds is 6. The summed E-state index contributed by atoms with van der Waals surface area (Å²) < 4.78 is 5.72. The normalized spacial score (nSPS) is 14.1. The van der Waals surface area contributed by atoms with Crippen LogP contribution in [0.2, 0.25) is 0 Å². The van der Waals surface area contributed by atoms with Crippen LogP contribution >= 0.6 is 0 Å². The van der Waals surface area contributed by atoms with Gasteiger partial charge < -0.3 is 4.74 Å². The first-order chi connectivity index (χ1) is 8.12. The summed E-state index contributed by atoms with van der Waals surface area (Å²) in [5, 5.41) is 0. The van der Waals surface area contributed by atoms with E-state index in [1.54, 1.807) is 0 Å². The van der Waals surface area contributed by atoms with Crippen LogP contribution in [0.4, 0.5) is 0 Å². The number of carbonyl (C=O) groups excluding carboxylic acids is 1. The van der Waals surface area contributed by atoms with E-state index in [1.807, 2.05) is 19.1 Å². The smallest absolute Gasteiger partial charge is 0.153 e. The van der Waals surface area contributed by atoms with Crippen molar-refractivity contribution < 1.29 is 9.53 Å². The predicted octanol–water partition coefficient (Wildman–Crippen LogP) is 4.19. The third-order valence-corrected chi connectivity index (χ3v) is 3.25. The van der Waals surface area contributed by atoms with Crippen LogP contribution in [0.15, 0.2) is 18.2 Å². The molecule has 0 aromatic heterocycles. The Hall–Kier alpha value is -1.31. The number of ether oxygens (including phenoxy) is 1. The fourth-order valence-electron chi connectivity index (χ4n) is 1.61. The van der Waals surface area contributed by atoms with E-state index in [9.17, 15) is 4.79 Å². The Morgan fingerprint density at radius 1 is 1.24 bits per heavy atom. The van der Waals surface area contributed by atoms with Gasteiger partial charge in [0.2, 0.25) is 0 Å². The molecule has 94 valence electrons. The molecular formula is C15H22O2. The minimum absolute atomic E-state index is 0.142. The zero-order valence-corrected chi connectivity index (χ0v) is 11.2. The zero-order valence-electron chi connectivity index (χ0n) is 11.2. The average molecular weight is 234 g/mol. The van der Waals surface area contributed by atoms with E-state index in [2.05, 4.69) is 26.8 Å². The van der Waals surface area contributed by atoms with Crippen molar-refractivity contribution >= 4 is 6.29 Å². The Morgan fingerprint density at radius 3 is 2.47 bits per heavy atom. The van der Waals surface area contributed by atoms with Crippen molar-refractivity contribution in [2.75, 3.05) is 0 Å². The molecule has 1 aromatic rings. The van der Waals surface area contributed by atoms with Gasteiger partial charge in [0, 0.05) is 0 Å². The molecule has 0 heterocycles. The van der Waals surface area contributed by atoms with Crippen molar-refractivity contribution in [1.29, 1.82) is 0 Å². The molecule has 0 saturated carbocycles. The summed E-state index contributed by atoms with van der Waals surface area (Å²) in [5.41, 5.74) is 1.86. The highest BCUT2D eigenvalue weighted by Crippen LogP contribution is 2.25. The van der Waals surface area contributed by atoms with Crippen LogP contribution in [-0.2, 0) is 0 Å². The second-order valence-corrected chi connectivity index (χ2v) is 4.56. The van der Waals surface area contributed by atoms with Crippen LogP contribution in [0, 0.1) is 0 Å². The highest BCUT2D eigenvalue weighted by atomic mass is 16.5. The van der Waals surface area contributed by atoms with Gasteiger partial charge in [-0.2, -0.15) is 0 Å². The van der Waals surface area contributed by atoms with Crippen molar-refractivity contribution in [3.63, 3.8) is 0 Å². The van der Waals surface area contributed by atoms with Gasteiger partial charge in [0.1, 0.15) is 5.75 Å². The lowest BCUT2D eigenvalue weighted by atomic mass is 9.97. The van der Waals surface area contributed by atoms with Gasteiger partial charge in [-0.05, 0) is 43.4 Å². The maximum atomic E-state index is 11.1. The van der Waals surface area contributed by atoms with E-state index in [1.165, 1.54) is 5.56 Å². The Morgan fingerprint density at radius 2 is 1.94 bits per heavy atom. The summed E-state index contributed by atoms with van der Waals surface area (Å²) in [6, 6.07) is 5.91. The standard InChI is InChI=1S/C15H22O2/c1-5-11(3)13-7-8-15(14(9-13)10-16)17-12(4)6-2/h7-12H,5-6H2,1-4H3. The van der Waals surface area contributed by atoms with Gasteiger partial charge in [-0.3, -0.25) is 4.79 Å². The number of hydrogen-bond donors (Lipinski definition) is 0. The Bertz CT molecular complexity index is 371. The summed E-state index contributed by atoms with van der Waals surface area (Å²) in [7, 11) is 0. The highest BCUT2D eigenvalue weighted by Gasteiger charge is 2.10. The summed E-state index contributed by atoms with van der Waals surface area (Å²) >= 11 is 0. The number of hydrogen-bond acceptors (Lipinski definition) is 2. The maximum Gasteiger partial charge on any atom is 0.153 e. The molecule has 1 rings (SSSR count). The molecule has 0 amide bonds. The Balaban J connectivity index is 2.97. The maximum absolute atomic E-state index is 11.1. The zero-order chi connectivity index (χ0) is 12.8. The van der Waals surface area contributed by atoms with Crippen LogP contribution in [0.5, 0.6) is 5.75 Å². The van der Waals surface area contributed by atoms with Crippen LogP contribution < -0.4 is 4.74 Å². The number of carbonyl (C=O) groups is 1. The fraction of sp³-hybridized carbons (Fsp3) is 0.533. The molecule has 0 bridgehead atoms. The molecule has 2 atom stereocenters. The molecule has 0 fully saturated rings. The molecule has 2 nitrogen and oxygen atoms in total. The molecule has 0 aliphatic rings. The molecule has 0 saturated heterocycles. The van der Waals surface area contributed by atoms with E-state index < -0.39 is 0 Å². The third-order valence-electron chi connectivity index (χ3n) is 3.25. The van der Waals surface area contributed by atoms with Crippen molar-refractivity contribution in [3.05, 3.63) is 29.3 Å². The first kappa shape index (κ1) is 13.8. The summed E-state index contributed by atoms with van der Waals surface area (Å²) in [6.45, 7) is 8.39. The first-order valence-corrected chi connectivity index (χ1v) is 6.38. The molecule has 0 aliphatic carbocycles. The SMILES string of the molecule is CCC(C)Oc1ccc(C(C)CC)cc1C=O. The van der Waals surface area contributed by atoms with Gasteiger partial charge in [0.05, 0.1) is 11.7 Å². The van der Waals surface area contributed by atoms with E-state index >= 15 is 0 Å². The largest absolute Gasteiger partial charge is 0.490 e. The summed E-state index contributed by atoms with van der Waals surface area (Å²) in [4.78, 5) is 11.1. The lowest BCUT2D eigenvalue weighted by molar-refractivity contribution is 0.111. The molecule has 0 N–H and O–H groups in total. The van der Waals surface area contributed by atoms with Gasteiger partial charge in [0.15, 0.2) is 6.29 Å². The van der Waals surface area contributed by atoms with Gasteiger partial charge in [-0.25, -0.2) is 0 Å². The second kappa shape index (κ2) is 6.43. The van der Waals surface area contributed by atoms with Gasteiger partial charge in [-0.15, -0.1) is 0 Å². The Labute approximate surface area is 104 Å². The quantitative estimate of drug-likeness (QED) is 0.690. The lowest BCUT2D eigenvalue weighted by Gasteiger charge is -2.16. The van der Waals surface area contributed by atoms with E-state index in [0.29, 0.717) is 17.2 Å². The molecule has 2 unspecified atom stereocenters. The van der Waals surface area contributed by atoms with Crippen LogP contribution in [-0.4, -0.2) is 12.4 Å².